The van der Waals surface area contributed by atoms with Gasteiger partial charge in [-0.15, -0.1) is 0 Å². The van der Waals surface area contributed by atoms with E-state index >= 15 is 0 Å². The second-order valence-electron chi connectivity index (χ2n) is 7.02. The first-order chi connectivity index (χ1) is 9.44. The lowest BCUT2D eigenvalue weighted by molar-refractivity contribution is -0.145. The maximum absolute atomic E-state index is 11.8. The van der Waals surface area contributed by atoms with Crippen LogP contribution in [0.1, 0.15) is 65.7 Å². The summed E-state index contributed by atoms with van der Waals surface area (Å²) in [5.41, 5.74) is -0.704. The highest BCUT2D eigenvalue weighted by Gasteiger charge is 2.47. The maximum atomic E-state index is 11.8. The van der Waals surface area contributed by atoms with Crippen LogP contribution in [0.15, 0.2) is 0 Å². The van der Waals surface area contributed by atoms with Gasteiger partial charge in [0.2, 0.25) is 0 Å². The van der Waals surface area contributed by atoms with Crippen LogP contribution in [-0.4, -0.2) is 46.2 Å². The largest absolute Gasteiger partial charge is 0.480 e. The van der Waals surface area contributed by atoms with E-state index in [2.05, 4.69) is 17.1 Å². The molecule has 1 aliphatic carbocycles. The van der Waals surface area contributed by atoms with Gasteiger partial charge >= 0.3 is 5.97 Å². The highest BCUT2D eigenvalue weighted by molar-refractivity contribution is 5.79. The number of aliphatic carboxylic acids is 1. The average molecular weight is 282 g/mol. The quantitative estimate of drug-likeness (QED) is 0.832. The number of hydrogen-bond donors (Lipinski definition) is 2. The fraction of sp³-hybridized carbons (Fsp3) is 0.938. The number of carboxylic acid groups (broad SMARTS) is 1. The van der Waals surface area contributed by atoms with Crippen LogP contribution in [0.4, 0.5) is 0 Å². The molecule has 116 valence electrons. The Balaban J connectivity index is 2.07. The molecule has 0 aromatic carbocycles. The van der Waals surface area contributed by atoms with E-state index in [4.69, 9.17) is 0 Å². The van der Waals surface area contributed by atoms with Crippen LogP contribution in [-0.2, 0) is 4.79 Å². The summed E-state index contributed by atoms with van der Waals surface area (Å²) in [4.78, 5) is 14.3. The van der Waals surface area contributed by atoms with Crippen LogP contribution in [0.25, 0.3) is 0 Å². The van der Waals surface area contributed by atoms with Gasteiger partial charge in [0, 0.05) is 18.1 Å². The molecule has 0 amide bonds. The van der Waals surface area contributed by atoms with E-state index in [1.165, 1.54) is 25.7 Å². The fourth-order valence-corrected chi connectivity index (χ4v) is 4.08. The Labute approximate surface area is 122 Å². The third-order valence-electron chi connectivity index (χ3n) is 5.04. The van der Waals surface area contributed by atoms with E-state index in [1.54, 1.807) is 0 Å². The number of carboxylic acids is 1. The van der Waals surface area contributed by atoms with E-state index in [9.17, 15) is 9.90 Å². The molecule has 1 heterocycles. The molecular weight excluding hydrogens is 252 g/mol. The van der Waals surface area contributed by atoms with E-state index in [0.29, 0.717) is 12.1 Å². The van der Waals surface area contributed by atoms with Crippen LogP contribution in [0.2, 0.25) is 0 Å². The second-order valence-corrected chi connectivity index (χ2v) is 7.02. The molecule has 0 bridgehead atoms. The normalized spacial score (nSPS) is 36.2. The Kier molecular flexibility index (Phi) is 5.08. The molecule has 3 unspecified atom stereocenters. The highest BCUT2D eigenvalue weighted by atomic mass is 16.4. The first kappa shape index (κ1) is 15.8. The smallest absolute Gasteiger partial charge is 0.323 e. The third-order valence-corrected chi connectivity index (χ3v) is 5.04. The molecule has 2 N–H and O–H groups in total. The zero-order chi connectivity index (χ0) is 14.8. The number of carbonyl (C=O) groups is 1. The van der Waals surface area contributed by atoms with Crippen molar-refractivity contribution in [3.05, 3.63) is 0 Å². The Bertz CT molecular complexity index is 345. The van der Waals surface area contributed by atoms with Crippen LogP contribution in [0.3, 0.4) is 0 Å². The topological polar surface area (TPSA) is 52.6 Å². The third kappa shape index (κ3) is 3.34. The number of nitrogens with zero attached hydrogens (tertiary/aromatic N) is 1. The molecule has 1 saturated heterocycles. The molecule has 1 saturated carbocycles. The SMILES string of the molecule is CC(C)NC1(C(=O)O)CCC(N2CCCCCC2C)C1. The summed E-state index contributed by atoms with van der Waals surface area (Å²) in [6, 6.07) is 1.25. The van der Waals surface area contributed by atoms with Crippen molar-refractivity contribution in [3.63, 3.8) is 0 Å². The predicted molar refractivity (Wildman–Crippen MR) is 80.9 cm³/mol. The van der Waals surface area contributed by atoms with Crippen molar-refractivity contribution in [2.75, 3.05) is 6.54 Å². The van der Waals surface area contributed by atoms with Crippen molar-refractivity contribution < 1.29 is 9.90 Å². The van der Waals surface area contributed by atoms with Crippen molar-refractivity contribution in [3.8, 4) is 0 Å². The monoisotopic (exact) mass is 282 g/mol. The zero-order valence-electron chi connectivity index (χ0n) is 13.2. The van der Waals surface area contributed by atoms with Gasteiger partial charge in [-0.2, -0.15) is 0 Å². The van der Waals surface area contributed by atoms with Crippen LogP contribution in [0, 0.1) is 0 Å². The number of hydrogen-bond acceptors (Lipinski definition) is 3. The number of rotatable bonds is 4. The van der Waals surface area contributed by atoms with Crippen molar-refractivity contribution in [2.45, 2.75) is 89.4 Å². The Morgan fingerprint density at radius 1 is 1.30 bits per heavy atom. The van der Waals surface area contributed by atoms with Crippen LogP contribution >= 0.6 is 0 Å². The Hall–Kier alpha value is -0.610. The van der Waals surface area contributed by atoms with E-state index in [1.807, 2.05) is 13.8 Å². The van der Waals surface area contributed by atoms with Crippen LogP contribution in [0.5, 0.6) is 0 Å². The number of likely N-dealkylation sites (tertiary alicyclic amines) is 1. The Morgan fingerprint density at radius 2 is 2.05 bits per heavy atom. The summed E-state index contributed by atoms with van der Waals surface area (Å²) >= 11 is 0. The fourth-order valence-electron chi connectivity index (χ4n) is 4.08. The van der Waals surface area contributed by atoms with Gasteiger partial charge in [0.1, 0.15) is 5.54 Å². The molecule has 1 aliphatic heterocycles. The summed E-state index contributed by atoms with van der Waals surface area (Å²) in [5.74, 6) is -0.670. The van der Waals surface area contributed by atoms with Crippen molar-refractivity contribution in [1.29, 1.82) is 0 Å². The molecular formula is C16H30N2O2. The first-order valence-electron chi connectivity index (χ1n) is 8.21. The second kappa shape index (κ2) is 6.44. The lowest BCUT2D eigenvalue weighted by Crippen LogP contribution is -2.54. The van der Waals surface area contributed by atoms with Gasteiger partial charge in [0.05, 0.1) is 0 Å². The van der Waals surface area contributed by atoms with Gasteiger partial charge in [-0.3, -0.25) is 15.0 Å². The van der Waals surface area contributed by atoms with Gasteiger partial charge in [0.25, 0.3) is 0 Å². The number of nitrogens with one attached hydrogen (secondary N) is 1. The minimum Gasteiger partial charge on any atom is -0.480 e. The molecule has 0 spiro atoms. The summed E-state index contributed by atoms with van der Waals surface area (Å²) in [6.45, 7) is 7.52. The molecule has 20 heavy (non-hydrogen) atoms. The molecule has 0 aromatic heterocycles. The highest BCUT2D eigenvalue weighted by Crippen LogP contribution is 2.36. The Morgan fingerprint density at radius 3 is 2.70 bits per heavy atom. The van der Waals surface area contributed by atoms with Crippen molar-refractivity contribution in [1.82, 2.24) is 10.2 Å². The van der Waals surface area contributed by atoms with Crippen LogP contribution < -0.4 is 5.32 Å². The van der Waals surface area contributed by atoms with Gasteiger partial charge in [0.15, 0.2) is 0 Å². The summed E-state index contributed by atoms with van der Waals surface area (Å²) in [7, 11) is 0. The predicted octanol–water partition coefficient (Wildman–Crippen LogP) is 2.62. The van der Waals surface area contributed by atoms with Gasteiger partial charge < -0.3 is 5.11 Å². The van der Waals surface area contributed by atoms with Gasteiger partial charge in [-0.05, 0) is 59.4 Å². The zero-order valence-corrected chi connectivity index (χ0v) is 13.2. The summed E-state index contributed by atoms with van der Waals surface area (Å²) < 4.78 is 0. The maximum Gasteiger partial charge on any atom is 0.323 e. The van der Waals surface area contributed by atoms with E-state index in [0.717, 1.165) is 25.8 Å². The molecule has 2 aliphatic rings. The summed E-state index contributed by atoms with van der Waals surface area (Å²) in [6.07, 6.45) is 7.68. The molecule has 3 atom stereocenters. The van der Waals surface area contributed by atoms with E-state index < -0.39 is 11.5 Å². The lowest BCUT2D eigenvalue weighted by Gasteiger charge is -2.35. The minimum absolute atomic E-state index is 0.214. The molecule has 0 radical (unpaired) electrons. The van der Waals surface area contributed by atoms with E-state index in [-0.39, 0.29) is 6.04 Å². The first-order valence-corrected chi connectivity index (χ1v) is 8.21. The molecule has 4 heteroatoms. The van der Waals surface area contributed by atoms with Crippen molar-refractivity contribution >= 4 is 5.97 Å². The molecule has 4 nitrogen and oxygen atoms in total. The van der Waals surface area contributed by atoms with Gasteiger partial charge in [-0.25, -0.2) is 0 Å². The van der Waals surface area contributed by atoms with Crippen molar-refractivity contribution in [2.24, 2.45) is 0 Å². The average Bonchev–Trinajstić information content (AvgIpc) is 2.66. The standard InChI is InChI=1S/C16H30N2O2/c1-12(2)17-16(15(19)20)9-8-14(11-16)18-10-6-4-5-7-13(18)3/h12-14,17H,4-11H2,1-3H3,(H,19,20). The van der Waals surface area contributed by atoms with Gasteiger partial charge in [-0.1, -0.05) is 12.8 Å². The molecule has 2 rings (SSSR count). The molecule has 2 fully saturated rings. The molecule has 0 aromatic rings. The lowest BCUT2D eigenvalue weighted by atomic mass is 9.96. The summed E-state index contributed by atoms with van der Waals surface area (Å²) in [5, 5.41) is 13.0. The minimum atomic E-state index is -0.704.